The fourth-order valence-electron chi connectivity index (χ4n) is 7.55. The van der Waals surface area contributed by atoms with E-state index in [0.717, 1.165) is 55.2 Å². The maximum absolute atomic E-state index is 5.27. The van der Waals surface area contributed by atoms with Crippen molar-refractivity contribution in [2.75, 3.05) is 0 Å². The number of para-hydroxylation sites is 1. The van der Waals surface area contributed by atoms with Crippen LogP contribution in [-0.4, -0.2) is 19.5 Å². The van der Waals surface area contributed by atoms with Gasteiger partial charge in [0.15, 0.2) is 11.6 Å². The molecule has 0 fully saturated rings. The molecule has 0 atom stereocenters. The Morgan fingerprint density at radius 2 is 0.840 bits per heavy atom. The second kappa shape index (κ2) is 10.5. The van der Waals surface area contributed by atoms with Crippen LogP contribution < -0.4 is 0 Å². The third-order valence-electron chi connectivity index (χ3n) is 9.98. The molecule has 1 aliphatic heterocycles. The summed E-state index contributed by atoms with van der Waals surface area (Å²) in [7, 11) is 0. The molecular weight excluding hydrogens is 629 g/mol. The average molecular weight is 655 g/mol. The van der Waals surface area contributed by atoms with Gasteiger partial charge in [0.05, 0.1) is 11.0 Å². The maximum atomic E-state index is 5.27. The van der Waals surface area contributed by atoms with Gasteiger partial charge in [-0.05, 0) is 75.8 Å². The van der Waals surface area contributed by atoms with Crippen LogP contribution in [0.3, 0.4) is 0 Å². The highest BCUT2D eigenvalue weighted by molar-refractivity contribution is 7.25. The predicted molar refractivity (Wildman–Crippen MR) is 208 cm³/mol. The third-order valence-corrected chi connectivity index (χ3v) is 11.1. The minimum Gasteiger partial charge on any atom is -0.278 e. The molecular formula is C45H26N4S. The van der Waals surface area contributed by atoms with E-state index in [4.69, 9.17) is 15.0 Å². The number of fused-ring (bicyclic) bond motifs is 20. The van der Waals surface area contributed by atoms with Crippen molar-refractivity contribution in [1.82, 2.24) is 19.5 Å². The zero-order valence-corrected chi connectivity index (χ0v) is 27.5. The van der Waals surface area contributed by atoms with E-state index in [1.807, 2.05) is 0 Å². The molecule has 5 heteroatoms. The molecule has 10 aromatic rings. The molecule has 0 aliphatic carbocycles. The van der Waals surface area contributed by atoms with Crippen LogP contribution in [0.4, 0.5) is 0 Å². The van der Waals surface area contributed by atoms with Gasteiger partial charge in [-0.3, -0.25) is 4.57 Å². The van der Waals surface area contributed by atoms with Gasteiger partial charge in [-0.2, -0.15) is 9.97 Å². The summed E-state index contributed by atoms with van der Waals surface area (Å²) < 4.78 is 4.70. The summed E-state index contributed by atoms with van der Waals surface area (Å²) in [5.74, 6) is 1.88. The zero-order valence-electron chi connectivity index (χ0n) is 26.7. The van der Waals surface area contributed by atoms with Crippen LogP contribution in [-0.2, 0) is 0 Å². The van der Waals surface area contributed by atoms with E-state index in [2.05, 4.69) is 162 Å². The third kappa shape index (κ3) is 4.20. The normalized spacial score (nSPS) is 12.0. The molecule has 0 spiro atoms. The van der Waals surface area contributed by atoms with Crippen molar-refractivity contribution < 1.29 is 0 Å². The van der Waals surface area contributed by atoms with E-state index in [1.165, 1.54) is 31.3 Å². The molecule has 4 nitrogen and oxygen atoms in total. The van der Waals surface area contributed by atoms with Gasteiger partial charge in [0.25, 0.3) is 0 Å². The Morgan fingerprint density at radius 3 is 1.56 bits per heavy atom. The lowest BCUT2D eigenvalue weighted by molar-refractivity contribution is 0.954. The van der Waals surface area contributed by atoms with E-state index in [9.17, 15) is 0 Å². The molecule has 1 aliphatic rings. The van der Waals surface area contributed by atoms with Gasteiger partial charge in [-0.25, -0.2) is 4.98 Å². The zero-order chi connectivity index (χ0) is 32.8. The van der Waals surface area contributed by atoms with Crippen LogP contribution in [0.25, 0.3) is 104 Å². The number of hydrogen-bond acceptors (Lipinski definition) is 4. The largest absolute Gasteiger partial charge is 0.278 e. The summed E-state index contributed by atoms with van der Waals surface area (Å²) in [6, 6.07) is 56.6. The SMILES string of the molecule is c1cc2cc(c1)-c1cccc(c1)-c1nc(-c3ccc4c(c3)sc3ccccc34)nc(n1)-n1c3ccccc3c3ccc(cc31)-c1cccc-2c1. The molecule has 0 saturated carbocycles. The fourth-order valence-corrected chi connectivity index (χ4v) is 8.69. The van der Waals surface area contributed by atoms with Crippen molar-refractivity contribution in [3.8, 4) is 62.1 Å². The minimum absolute atomic E-state index is 0.595. The molecule has 0 saturated heterocycles. The van der Waals surface area contributed by atoms with Gasteiger partial charge in [0.2, 0.25) is 5.95 Å². The first kappa shape index (κ1) is 27.5. The minimum atomic E-state index is 0.595. The Kier molecular flexibility index (Phi) is 5.80. The van der Waals surface area contributed by atoms with Crippen molar-refractivity contribution in [3.05, 3.63) is 158 Å². The quantitative estimate of drug-likeness (QED) is 0.177. The first-order valence-electron chi connectivity index (χ1n) is 16.8. The highest BCUT2D eigenvalue weighted by Gasteiger charge is 2.20. The molecule has 50 heavy (non-hydrogen) atoms. The Morgan fingerprint density at radius 1 is 0.340 bits per heavy atom. The molecule has 7 aromatic carbocycles. The average Bonchev–Trinajstić information content (AvgIpc) is 3.72. The molecule has 0 N–H and O–H groups in total. The highest BCUT2D eigenvalue weighted by atomic mass is 32.1. The predicted octanol–water partition coefficient (Wildman–Crippen LogP) is 12.0. The summed E-state index contributed by atoms with van der Waals surface area (Å²) in [4.78, 5) is 15.7. The lowest BCUT2D eigenvalue weighted by atomic mass is 9.95. The molecule has 0 radical (unpaired) electrons. The van der Waals surface area contributed by atoms with Crippen LogP contribution in [0.5, 0.6) is 0 Å². The summed E-state index contributed by atoms with van der Waals surface area (Å²) in [6.07, 6.45) is 0. The van der Waals surface area contributed by atoms with E-state index in [0.29, 0.717) is 17.6 Å². The maximum Gasteiger partial charge on any atom is 0.238 e. The van der Waals surface area contributed by atoms with Gasteiger partial charge in [0, 0.05) is 42.1 Å². The van der Waals surface area contributed by atoms with Crippen LogP contribution in [0.1, 0.15) is 0 Å². The Balaban J connectivity index is 1.24. The topological polar surface area (TPSA) is 43.6 Å². The summed E-state index contributed by atoms with van der Waals surface area (Å²) >= 11 is 1.80. The number of hydrogen-bond donors (Lipinski definition) is 0. The molecule has 3 aromatic heterocycles. The van der Waals surface area contributed by atoms with Crippen molar-refractivity contribution >= 4 is 53.3 Å². The van der Waals surface area contributed by atoms with E-state index >= 15 is 0 Å². The van der Waals surface area contributed by atoms with E-state index in [-0.39, 0.29) is 0 Å². The molecule has 4 heterocycles. The molecule has 0 unspecified atom stereocenters. The second-order valence-electron chi connectivity index (χ2n) is 12.9. The number of benzene rings is 7. The lowest BCUT2D eigenvalue weighted by Gasteiger charge is -2.13. The second-order valence-corrected chi connectivity index (χ2v) is 14.0. The van der Waals surface area contributed by atoms with Crippen molar-refractivity contribution in [2.24, 2.45) is 0 Å². The number of thiophene rings is 1. The standard InChI is InChI=1S/C45H26N4S/c1-3-16-39-35(14-1)36-20-18-32-25-40(36)49(39)45-47-43(46-44(48-45)34-19-21-38-37-15-2-4-17-41(37)50-42(38)26-34)33-13-7-12-31(24-33)29-10-5-8-27(22-29)28-9-6-11-30(32)23-28/h1-26H. The van der Waals surface area contributed by atoms with Crippen LogP contribution in [0.2, 0.25) is 0 Å². The fraction of sp³-hybridized carbons (Fsp3) is 0. The van der Waals surface area contributed by atoms with Gasteiger partial charge in [-0.1, -0.05) is 115 Å². The summed E-state index contributed by atoms with van der Waals surface area (Å²) in [5.41, 5.74) is 10.9. The molecule has 11 rings (SSSR count). The van der Waals surface area contributed by atoms with Crippen LogP contribution >= 0.6 is 11.3 Å². The highest BCUT2D eigenvalue weighted by Crippen LogP contribution is 2.39. The summed E-state index contributed by atoms with van der Waals surface area (Å²) in [6.45, 7) is 0. The van der Waals surface area contributed by atoms with Gasteiger partial charge < -0.3 is 0 Å². The van der Waals surface area contributed by atoms with E-state index < -0.39 is 0 Å². The molecule has 10 bridgehead atoms. The van der Waals surface area contributed by atoms with Gasteiger partial charge in [-0.15, -0.1) is 11.3 Å². The first-order valence-corrected chi connectivity index (χ1v) is 17.6. The first-order chi connectivity index (χ1) is 24.7. The molecule has 0 amide bonds. The Labute approximate surface area is 291 Å². The van der Waals surface area contributed by atoms with Gasteiger partial charge in [0.1, 0.15) is 0 Å². The monoisotopic (exact) mass is 654 g/mol. The van der Waals surface area contributed by atoms with Crippen LogP contribution in [0, 0.1) is 0 Å². The van der Waals surface area contributed by atoms with Crippen molar-refractivity contribution in [2.45, 2.75) is 0 Å². The number of rotatable bonds is 1. The summed E-state index contributed by atoms with van der Waals surface area (Å²) in [5, 5.41) is 4.84. The van der Waals surface area contributed by atoms with Crippen molar-refractivity contribution in [1.29, 1.82) is 0 Å². The van der Waals surface area contributed by atoms with Crippen molar-refractivity contribution in [3.63, 3.8) is 0 Å². The van der Waals surface area contributed by atoms with E-state index in [1.54, 1.807) is 11.3 Å². The van der Waals surface area contributed by atoms with Crippen LogP contribution in [0.15, 0.2) is 158 Å². The lowest BCUT2D eigenvalue weighted by Crippen LogP contribution is -2.06. The van der Waals surface area contributed by atoms with Gasteiger partial charge >= 0.3 is 0 Å². The Bertz CT molecular complexity index is 3000. The molecule has 232 valence electrons. The number of nitrogens with zero attached hydrogens (tertiary/aromatic N) is 4. The Hall–Kier alpha value is -6.43. The number of aromatic nitrogens is 4. The smallest absolute Gasteiger partial charge is 0.238 e.